The van der Waals surface area contributed by atoms with Gasteiger partial charge in [0.05, 0.1) is 6.10 Å². The molecular weight excluding hydrogens is 262 g/mol. The van der Waals surface area contributed by atoms with E-state index in [2.05, 4.69) is 4.90 Å². The van der Waals surface area contributed by atoms with Crippen LogP contribution in [0.3, 0.4) is 0 Å². The standard InChI is InChI=1S/C15H22ClNO2/c16-14-7-2-1-6-13(14)15(19)11-17-9-4-3-5-12(17)8-10-18/h1-2,6-7,12,15,18-19H,3-5,8-11H2. The van der Waals surface area contributed by atoms with E-state index in [0.717, 1.165) is 31.4 Å². The van der Waals surface area contributed by atoms with Crippen molar-refractivity contribution in [1.82, 2.24) is 4.90 Å². The Labute approximate surface area is 119 Å². The molecule has 2 rings (SSSR count). The van der Waals surface area contributed by atoms with E-state index < -0.39 is 6.10 Å². The van der Waals surface area contributed by atoms with Gasteiger partial charge in [0.2, 0.25) is 0 Å². The lowest BCUT2D eigenvalue weighted by Gasteiger charge is -2.36. The van der Waals surface area contributed by atoms with Gasteiger partial charge in [0.1, 0.15) is 0 Å². The third-order valence-corrected chi connectivity index (χ3v) is 4.23. The average molecular weight is 284 g/mol. The monoisotopic (exact) mass is 283 g/mol. The number of rotatable bonds is 5. The van der Waals surface area contributed by atoms with E-state index in [1.807, 2.05) is 24.3 Å². The van der Waals surface area contributed by atoms with Gasteiger partial charge >= 0.3 is 0 Å². The third kappa shape index (κ3) is 3.93. The maximum Gasteiger partial charge on any atom is 0.0931 e. The number of likely N-dealkylation sites (tertiary alicyclic amines) is 1. The van der Waals surface area contributed by atoms with E-state index >= 15 is 0 Å². The zero-order chi connectivity index (χ0) is 13.7. The van der Waals surface area contributed by atoms with Crippen LogP contribution in [-0.2, 0) is 0 Å². The Morgan fingerprint density at radius 2 is 2.11 bits per heavy atom. The van der Waals surface area contributed by atoms with Gasteiger partial charge in [-0.2, -0.15) is 0 Å². The van der Waals surface area contributed by atoms with Gasteiger partial charge in [-0.05, 0) is 31.9 Å². The molecule has 2 unspecified atom stereocenters. The number of β-amino-alcohol motifs (C(OH)–C–C–N with tert-alkyl or cyclic N) is 1. The molecule has 1 fully saturated rings. The lowest BCUT2D eigenvalue weighted by Crippen LogP contribution is -2.42. The largest absolute Gasteiger partial charge is 0.396 e. The Morgan fingerprint density at radius 1 is 1.32 bits per heavy atom. The van der Waals surface area contributed by atoms with Gasteiger partial charge in [0, 0.05) is 29.8 Å². The van der Waals surface area contributed by atoms with Crippen LogP contribution in [0, 0.1) is 0 Å². The zero-order valence-electron chi connectivity index (χ0n) is 11.1. The van der Waals surface area contributed by atoms with Crippen LogP contribution in [0.15, 0.2) is 24.3 Å². The van der Waals surface area contributed by atoms with E-state index in [4.69, 9.17) is 16.7 Å². The predicted molar refractivity (Wildman–Crippen MR) is 77.3 cm³/mol. The van der Waals surface area contributed by atoms with Crippen LogP contribution in [-0.4, -0.2) is 40.9 Å². The highest BCUT2D eigenvalue weighted by atomic mass is 35.5. The van der Waals surface area contributed by atoms with Gasteiger partial charge in [0.25, 0.3) is 0 Å². The molecule has 19 heavy (non-hydrogen) atoms. The van der Waals surface area contributed by atoms with E-state index in [9.17, 15) is 5.11 Å². The van der Waals surface area contributed by atoms with Crippen LogP contribution in [0.4, 0.5) is 0 Å². The number of benzene rings is 1. The van der Waals surface area contributed by atoms with Crippen LogP contribution in [0.25, 0.3) is 0 Å². The molecular formula is C15H22ClNO2. The number of aliphatic hydroxyl groups is 2. The first-order valence-corrected chi connectivity index (χ1v) is 7.37. The van der Waals surface area contributed by atoms with E-state index in [0.29, 0.717) is 17.6 Å². The fraction of sp³-hybridized carbons (Fsp3) is 0.600. The number of piperidine rings is 1. The Bertz CT molecular complexity index is 397. The van der Waals surface area contributed by atoms with Gasteiger partial charge in [-0.1, -0.05) is 36.2 Å². The highest BCUT2D eigenvalue weighted by Crippen LogP contribution is 2.26. The summed E-state index contributed by atoms with van der Waals surface area (Å²) in [6, 6.07) is 7.83. The molecule has 0 amide bonds. The Balaban J connectivity index is 2.00. The van der Waals surface area contributed by atoms with Crippen molar-refractivity contribution < 1.29 is 10.2 Å². The van der Waals surface area contributed by atoms with Gasteiger partial charge in [-0.3, -0.25) is 4.90 Å². The van der Waals surface area contributed by atoms with Crippen LogP contribution in [0.1, 0.15) is 37.4 Å². The lowest BCUT2D eigenvalue weighted by molar-refractivity contribution is 0.0565. The van der Waals surface area contributed by atoms with Gasteiger partial charge < -0.3 is 10.2 Å². The summed E-state index contributed by atoms with van der Waals surface area (Å²) in [5.41, 5.74) is 0.789. The second-order valence-corrected chi connectivity index (χ2v) is 5.60. The molecule has 0 spiro atoms. The number of halogens is 1. The normalized spacial score (nSPS) is 22.4. The van der Waals surface area contributed by atoms with Gasteiger partial charge in [-0.25, -0.2) is 0 Å². The molecule has 1 heterocycles. The Hall–Kier alpha value is -0.610. The predicted octanol–water partition coefficient (Wildman–Crippen LogP) is 2.61. The molecule has 3 nitrogen and oxygen atoms in total. The van der Waals surface area contributed by atoms with E-state index in [-0.39, 0.29) is 6.61 Å². The van der Waals surface area contributed by atoms with Crippen molar-refractivity contribution in [3.05, 3.63) is 34.9 Å². The van der Waals surface area contributed by atoms with Crippen LogP contribution < -0.4 is 0 Å². The maximum atomic E-state index is 10.4. The van der Waals surface area contributed by atoms with Gasteiger partial charge in [-0.15, -0.1) is 0 Å². The molecule has 0 aromatic heterocycles. The molecule has 1 aromatic rings. The second-order valence-electron chi connectivity index (χ2n) is 5.19. The van der Waals surface area contributed by atoms with Gasteiger partial charge in [0.15, 0.2) is 0 Å². The minimum Gasteiger partial charge on any atom is -0.396 e. The molecule has 2 N–H and O–H groups in total. The Kier molecular flexibility index (Phi) is 5.64. The molecule has 0 aliphatic carbocycles. The van der Waals surface area contributed by atoms with E-state index in [1.54, 1.807) is 0 Å². The molecule has 1 aliphatic rings. The zero-order valence-corrected chi connectivity index (χ0v) is 11.9. The molecule has 1 saturated heterocycles. The first kappa shape index (κ1) is 14.8. The molecule has 1 aliphatic heterocycles. The minimum atomic E-state index is -0.562. The summed E-state index contributed by atoms with van der Waals surface area (Å²) in [6.07, 6.45) is 3.71. The number of hydrogen-bond acceptors (Lipinski definition) is 3. The average Bonchev–Trinajstić information content (AvgIpc) is 2.41. The van der Waals surface area contributed by atoms with Crippen molar-refractivity contribution in [1.29, 1.82) is 0 Å². The highest BCUT2D eigenvalue weighted by Gasteiger charge is 2.24. The fourth-order valence-electron chi connectivity index (χ4n) is 2.84. The Morgan fingerprint density at radius 3 is 2.84 bits per heavy atom. The summed E-state index contributed by atoms with van der Waals surface area (Å²) >= 11 is 6.12. The number of nitrogens with zero attached hydrogens (tertiary/aromatic N) is 1. The highest BCUT2D eigenvalue weighted by molar-refractivity contribution is 6.31. The smallest absolute Gasteiger partial charge is 0.0931 e. The van der Waals surface area contributed by atoms with Crippen molar-refractivity contribution >= 4 is 11.6 Å². The molecule has 2 atom stereocenters. The summed E-state index contributed by atoms with van der Waals surface area (Å²) in [5.74, 6) is 0. The summed E-state index contributed by atoms with van der Waals surface area (Å²) in [6.45, 7) is 1.80. The summed E-state index contributed by atoms with van der Waals surface area (Å²) in [4.78, 5) is 2.29. The minimum absolute atomic E-state index is 0.212. The summed E-state index contributed by atoms with van der Waals surface area (Å²) in [5, 5.41) is 20.1. The van der Waals surface area contributed by atoms with Crippen molar-refractivity contribution in [3.8, 4) is 0 Å². The number of hydrogen-bond donors (Lipinski definition) is 2. The molecule has 1 aromatic carbocycles. The van der Waals surface area contributed by atoms with Crippen molar-refractivity contribution in [2.45, 2.75) is 37.8 Å². The first-order valence-electron chi connectivity index (χ1n) is 6.99. The number of aliphatic hydroxyl groups excluding tert-OH is 2. The van der Waals surface area contributed by atoms with Crippen molar-refractivity contribution in [2.75, 3.05) is 19.7 Å². The second kappa shape index (κ2) is 7.25. The molecule has 0 saturated carbocycles. The fourth-order valence-corrected chi connectivity index (χ4v) is 3.10. The topological polar surface area (TPSA) is 43.7 Å². The summed E-state index contributed by atoms with van der Waals surface area (Å²) < 4.78 is 0. The van der Waals surface area contributed by atoms with Crippen LogP contribution >= 0.6 is 11.6 Å². The maximum absolute atomic E-state index is 10.4. The lowest BCUT2D eigenvalue weighted by atomic mass is 9.98. The molecule has 0 bridgehead atoms. The summed E-state index contributed by atoms with van der Waals surface area (Å²) in [7, 11) is 0. The SMILES string of the molecule is OCCC1CCCCN1CC(O)c1ccccc1Cl. The molecule has 106 valence electrons. The molecule has 0 radical (unpaired) electrons. The van der Waals surface area contributed by atoms with E-state index in [1.165, 1.54) is 6.42 Å². The van der Waals surface area contributed by atoms with Crippen LogP contribution in [0.5, 0.6) is 0 Å². The third-order valence-electron chi connectivity index (χ3n) is 3.88. The molecule has 4 heteroatoms. The van der Waals surface area contributed by atoms with Crippen molar-refractivity contribution in [2.24, 2.45) is 0 Å². The van der Waals surface area contributed by atoms with Crippen LogP contribution in [0.2, 0.25) is 5.02 Å². The quantitative estimate of drug-likeness (QED) is 0.873. The first-order chi connectivity index (χ1) is 9.22. The van der Waals surface area contributed by atoms with Crippen molar-refractivity contribution in [3.63, 3.8) is 0 Å².